The molecule has 1 aromatic carbocycles. The van der Waals surface area contributed by atoms with Crippen molar-refractivity contribution in [1.82, 2.24) is 5.32 Å². The quantitative estimate of drug-likeness (QED) is 0.888. The monoisotopic (exact) mass is 324 g/mol. The van der Waals surface area contributed by atoms with Gasteiger partial charge in [0.25, 0.3) is 10.0 Å². The van der Waals surface area contributed by atoms with E-state index in [1.165, 1.54) is 11.3 Å². The Bertz CT molecular complexity index is 749. The van der Waals surface area contributed by atoms with Crippen LogP contribution in [-0.4, -0.2) is 15.5 Å². The first-order chi connectivity index (χ1) is 9.83. The fraction of sp³-hybridized carbons (Fsp3) is 0.333. The first-order valence-electron chi connectivity index (χ1n) is 6.67. The molecule has 114 valence electrons. The number of sulfonamides is 1. The molecular formula is C15H20N2O2S2. The van der Waals surface area contributed by atoms with Gasteiger partial charge in [-0.15, -0.1) is 11.3 Å². The van der Waals surface area contributed by atoms with E-state index in [2.05, 4.69) is 10.0 Å². The Balaban J connectivity index is 2.29. The van der Waals surface area contributed by atoms with Gasteiger partial charge in [-0.05, 0) is 62.7 Å². The van der Waals surface area contributed by atoms with Crippen LogP contribution in [0.15, 0.2) is 28.5 Å². The predicted octanol–water partition coefficient (Wildman–Crippen LogP) is 3.19. The van der Waals surface area contributed by atoms with E-state index in [9.17, 15) is 8.42 Å². The van der Waals surface area contributed by atoms with Crippen LogP contribution in [0.3, 0.4) is 0 Å². The molecule has 1 aromatic heterocycles. The number of thiophene rings is 1. The van der Waals surface area contributed by atoms with Gasteiger partial charge in [0.15, 0.2) is 0 Å². The highest BCUT2D eigenvalue weighted by Gasteiger charge is 2.19. The van der Waals surface area contributed by atoms with E-state index >= 15 is 0 Å². The molecule has 0 unspecified atom stereocenters. The largest absolute Gasteiger partial charge is 0.315 e. The molecule has 2 rings (SSSR count). The van der Waals surface area contributed by atoms with Gasteiger partial charge in [-0.1, -0.05) is 6.07 Å². The number of nitrogens with one attached hydrogen (secondary N) is 2. The van der Waals surface area contributed by atoms with Crippen LogP contribution < -0.4 is 10.0 Å². The molecule has 0 saturated carbocycles. The van der Waals surface area contributed by atoms with Gasteiger partial charge in [-0.3, -0.25) is 4.72 Å². The molecule has 1 heterocycles. The average Bonchev–Trinajstić information content (AvgIpc) is 2.77. The smallest absolute Gasteiger partial charge is 0.271 e. The van der Waals surface area contributed by atoms with Gasteiger partial charge < -0.3 is 5.32 Å². The molecule has 0 aliphatic heterocycles. The Morgan fingerprint density at radius 3 is 2.38 bits per heavy atom. The predicted molar refractivity (Wildman–Crippen MR) is 88.5 cm³/mol. The number of hydrogen-bond donors (Lipinski definition) is 2. The maximum absolute atomic E-state index is 12.4. The molecule has 0 radical (unpaired) electrons. The highest BCUT2D eigenvalue weighted by atomic mass is 32.2. The van der Waals surface area contributed by atoms with Crippen molar-refractivity contribution >= 4 is 27.0 Å². The molecule has 2 aromatic rings. The van der Waals surface area contributed by atoms with Crippen LogP contribution >= 0.6 is 11.3 Å². The second-order valence-electron chi connectivity index (χ2n) is 5.11. The maximum Gasteiger partial charge on any atom is 0.271 e. The molecule has 0 bridgehead atoms. The minimum absolute atomic E-state index is 0.350. The molecule has 0 spiro atoms. The van der Waals surface area contributed by atoms with Crippen molar-refractivity contribution in [3.8, 4) is 0 Å². The highest BCUT2D eigenvalue weighted by Crippen LogP contribution is 2.28. The minimum Gasteiger partial charge on any atom is -0.315 e. The first-order valence-corrected chi connectivity index (χ1v) is 8.97. The lowest BCUT2D eigenvalue weighted by Gasteiger charge is -2.08. The Morgan fingerprint density at radius 1 is 1.05 bits per heavy atom. The van der Waals surface area contributed by atoms with Crippen LogP contribution in [0.5, 0.6) is 0 Å². The Labute approximate surface area is 130 Å². The average molecular weight is 324 g/mol. The van der Waals surface area contributed by atoms with Crippen molar-refractivity contribution in [2.45, 2.75) is 31.5 Å². The number of benzene rings is 1. The van der Waals surface area contributed by atoms with Crippen molar-refractivity contribution in [2.75, 3.05) is 11.8 Å². The van der Waals surface area contributed by atoms with E-state index in [1.54, 1.807) is 12.1 Å². The summed E-state index contributed by atoms with van der Waals surface area (Å²) in [7, 11) is -1.67. The molecule has 0 amide bonds. The standard InChI is InChI=1S/C15H20N2O2S2/c1-10-5-6-13(7-11(10)2)17-21(18,19)15-8-12(3)14(20-15)9-16-4/h5-8,16-17H,9H2,1-4H3. The van der Waals surface area contributed by atoms with Gasteiger partial charge >= 0.3 is 0 Å². The molecular weight excluding hydrogens is 304 g/mol. The van der Waals surface area contributed by atoms with Gasteiger partial charge in [0, 0.05) is 17.1 Å². The van der Waals surface area contributed by atoms with Crippen LogP contribution in [0.2, 0.25) is 0 Å². The van der Waals surface area contributed by atoms with Gasteiger partial charge in [0.1, 0.15) is 4.21 Å². The third-order valence-corrected chi connectivity index (χ3v) is 6.45. The van der Waals surface area contributed by atoms with Crippen molar-refractivity contribution in [3.63, 3.8) is 0 Å². The molecule has 0 fully saturated rings. The first kappa shape index (κ1) is 16.0. The van der Waals surface area contributed by atoms with Crippen molar-refractivity contribution < 1.29 is 8.42 Å². The molecule has 6 heteroatoms. The molecule has 2 N–H and O–H groups in total. The van der Waals surface area contributed by atoms with E-state index in [0.29, 0.717) is 16.4 Å². The lowest BCUT2D eigenvalue weighted by atomic mass is 10.1. The fourth-order valence-corrected chi connectivity index (χ4v) is 4.62. The van der Waals surface area contributed by atoms with Crippen LogP contribution in [-0.2, 0) is 16.6 Å². The number of rotatable bonds is 5. The summed E-state index contributed by atoms with van der Waals surface area (Å²) in [5.41, 5.74) is 3.80. The second-order valence-corrected chi connectivity index (χ2v) is 8.15. The zero-order chi connectivity index (χ0) is 15.6. The minimum atomic E-state index is -3.52. The van der Waals surface area contributed by atoms with E-state index in [1.807, 2.05) is 40.0 Å². The van der Waals surface area contributed by atoms with Crippen LogP contribution in [0.4, 0.5) is 5.69 Å². The van der Waals surface area contributed by atoms with Gasteiger partial charge in [0.05, 0.1) is 0 Å². The number of aryl methyl sites for hydroxylation is 3. The van der Waals surface area contributed by atoms with E-state index in [0.717, 1.165) is 21.6 Å². The topological polar surface area (TPSA) is 58.2 Å². The Hall–Kier alpha value is -1.37. The molecule has 4 nitrogen and oxygen atoms in total. The van der Waals surface area contributed by atoms with Crippen LogP contribution in [0.25, 0.3) is 0 Å². The normalized spacial score (nSPS) is 11.6. The summed E-state index contributed by atoms with van der Waals surface area (Å²) in [5, 5.41) is 3.05. The molecule has 0 atom stereocenters. The van der Waals surface area contributed by atoms with Gasteiger partial charge in [-0.25, -0.2) is 8.42 Å². The third-order valence-electron chi connectivity index (χ3n) is 3.36. The summed E-state index contributed by atoms with van der Waals surface area (Å²) in [5.74, 6) is 0. The van der Waals surface area contributed by atoms with Crippen molar-refractivity contribution in [1.29, 1.82) is 0 Å². The van der Waals surface area contributed by atoms with Crippen molar-refractivity contribution in [3.05, 3.63) is 45.8 Å². The maximum atomic E-state index is 12.4. The SMILES string of the molecule is CNCc1sc(S(=O)(=O)Nc2ccc(C)c(C)c2)cc1C. The highest BCUT2D eigenvalue weighted by molar-refractivity contribution is 7.94. The summed E-state index contributed by atoms with van der Waals surface area (Å²) < 4.78 is 27.9. The van der Waals surface area contributed by atoms with Crippen LogP contribution in [0, 0.1) is 20.8 Å². The summed E-state index contributed by atoms with van der Waals surface area (Å²) in [4.78, 5) is 1.04. The Morgan fingerprint density at radius 2 is 1.76 bits per heavy atom. The fourth-order valence-electron chi connectivity index (χ4n) is 1.97. The summed E-state index contributed by atoms with van der Waals surface area (Å²) >= 11 is 1.30. The second kappa shape index (κ2) is 6.17. The molecule has 0 saturated heterocycles. The van der Waals surface area contributed by atoms with Crippen molar-refractivity contribution in [2.24, 2.45) is 0 Å². The molecule has 0 aliphatic carbocycles. The van der Waals surface area contributed by atoms with Crippen LogP contribution in [0.1, 0.15) is 21.6 Å². The van der Waals surface area contributed by atoms with E-state index in [-0.39, 0.29) is 0 Å². The lowest BCUT2D eigenvalue weighted by Crippen LogP contribution is -2.11. The van der Waals surface area contributed by atoms with E-state index in [4.69, 9.17) is 0 Å². The van der Waals surface area contributed by atoms with Gasteiger partial charge in [0.2, 0.25) is 0 Å². The summed E-state index contributed by atoms with van der Waals surface area (Å²) in [6.45, 7) is 6.57. The molecule has 0 aliphatic rings. The summed E-state index contributed by atoms with van der Waals surface area (Å²) in [6.07, 6.45) is 0. The van der Waals surface area contributed by atoms with E-state index < -0.39 is 10.0 Å². The summed E-state index contributed by atoms with van der Waals surface area (Å²) in [6, 6.07) is 7.27. The molecule has 21 heavy (non-hydrogen) atoms. The zero-order valence-corrected chi connectivity index (χ0v) is 14.3. The zero-order valence-electron chi connectivity index (χ0n) is 12.6. The lowest BCUT2D eigenvalue weighted by molar-refractivity contribution is 0.603. The number of anilines is 1. The third kappa shape index (κ3) is 3.64. The van der Waals surface area contributed by atoms with Gasteiger partial charge in [-0.2, -0.15) is 0 Å². The number of hydrogen-bond acceptors (Lipinski definition) is 4. The Kier molecular flexibility index (Phi) is 4.70.